The van der Waals surface area contributed by atoms with Crippen LogP contribution in [0.3, 0.4) is 0 Å². The molecular weight excluding hydrogens is 320 g/mol. The molecule has 0 aliphatic heterocycles. The smallest absolute Gasteiger partial charge is 0.221 e. The predicted molar refractivity (Wildman–Crippen MR) is 97.4 cm³/mol. The molecule has 0 aromatic carbocycles. The van der Waals surface area contributed by atoms with Gasteiger partial charge in [-0.2, -0.15) is 0 Å². The van der Waals surface area contributed by atoms with E-state index in [1.807, 2.05) is 12.1 Å². The van der Waals surface area contributed by atoms with Crippen LogP contribution in [0.2, 0.25) is 0 Å². The second kappa shape index (κ2) is 11.5. The van der Waals surface area contributed by atoms with Gasteiger partial charge in [0.05, 0.1) is 6.26 Å². The summed E-state index contributed by atoms with van der Waals surface area (Å²) in [6.07, 6.45) is 7.65. The lowest BCUT2D eigenvalue weighted by molar-refractivity contribution is -0.121. The van der Waals surface area contributed by atoms with Gasteiger partial charge >= 0.3 is 0 Å². The molecule has 1 amide bonds. The first-order valence-corrected chi connectivity index (χ1v) is 9.12. The van der Waals surface area contributed by atoms with Crippen LogP contribution in [0.1, 0.15) is 44.3 Å². The number of aliphatic imine (C=N–C) groups is 1. The molecule has 1 heterocycles. The summed E-state index contributed by atoms with van der Waals surface area (Å²) in [7, 11) is 1.72. The Labute approximate surface area is 149 Å². The lowest BCUT2D eigenvalue weighted by Gasteiger charge is -2.14. The summed E-state index contributed by atoms with van der Waals surface area (Å²) in [6, 6.07) is 4.13. The van der Waals surface area contributed by atoms with Gasteiger partial charge in [-0.05, 0) is 31.4 Å². The first-order chi connectivity index (χ1) is 12.3. The van der Waals surface area contributed by atoms with Gasteiger partial charge in [-0.25, -0.2) is 0 Å². The molecule has 0 spiro atoms. The molecule has 0 bridgehead atoms. The molecule has 0 radical (unpaired) electrons. The molecule has 25 heavy (non-hydrogen) atoms. The van der Waals surface area contributed by atoms with Crippen LogP contribution < -0.4 is 16.0 Å². The fourth-order valence-electron chi connectivity index (χ4n) is 2.83. The van der Waals surface area contributed by atoms with Gasteiger partial charge in [0.15, 0.2) is 5.96 Å². The van der Waals surface area contributed by atoms with E-state index in [4.69, 9.17) is 9.15 Å². The summed E-state index contributed by atoms with van der Waals surface area (Å²) in [5, 5.41) is 9.46. The molecule has 1 saturated carbocycles. The Hall–Kier alpha value is -2.02. The number of hydrogen-bond donors (Lipinski definition) is 3. The molecule has 0 atom stereocenters. The van der Waals surface area contributed by atoms with Crippen molar-refractivity contribution in [3.05, 3.63) is 24.2 Å². The van der Waals surface area contributed by atoms with Crippen LogP contribution in [0.4, 0.5) is 0 Å². The quantitative estimate of drug-likeness (QED) is 0.340. The Morgan fingerprint density at radius 1 is 1.32 bits per heavy atom. The second-order valence-electron chi connectivity index (χ2n) is 6.21. The van der Waals surface area contributed by atoms with Crippen molar-refractivity contribution in [2.45, 2.75) is 51.2 Å². The molecule has 3 N–H and O–H groups in total. The Morgan fingerprint density at radius 2 is 2.12 bits per heavy atom. The number of amides is 1. The average molecular weight is 350 g/mol. The van der Waals surface area contributed by atoms with E-state index in [1.54, 1.807) is 13.3 Å². The van der Waals surface area contributed by atoms with E-state index in [-0.39, 0.29) is 5.91 Å². The molecule has 1 aromatic heterocycles. The molecule has 2 rings (SSSR count). The van der Waals surface area contributed by atoms with E-state index in [9.17, 15) is 4.79 Å². The molecule has 1 aliphatic rings. The van der Waals surface area contributed by atoms with E-state index in [0.29, 0.717) is 38.2 Å². The average Bonchev–Trinajstić information content (AvgIpc) is 3.30. The van der Waals surface area contributed by atoms with Crippen LogP contribution in [0.15, 0.2) is 27.8 Å². The normalized spacial score (nSPS) is 15.3. The van der Waals surface area contributed by atoms with Gasteiger partial charge in [-0.3, -0.25) is 9.79 Å². The van der Waals surface area contributed by atoms with E-state index in [2.05, 4.69) is 20.9 Å². The van der Waals surface area contributed by atoms with Crippen molar-refractivity contribution in [2.24, 2.45) is 4.99 Å². The molecule has 7 heteroatoms. The lowest BCUT2D eigenvalue weighted by Crippen LogP contribution is -2.40. The largest absolute Gasteiger partial charge is 0.467 e. The van der Waals surface area contributed by atoms with Gasteiger partial charge in [0.2, 0.25) is 5.91 Å². The molecule has 140 valence electrons. The minimum atomic E-state index is 0.112. The molecule has 7 nitrogen and oxygen atoms in total. The van der Waals surface area contributed by atoms with Crippen LogP contribution in [0.5, 0.6) is 0 Å². The van der Waals surface area contributed by atoms with E-state index >= 15 is 0 Å². The molecule has 1 aromatic rings. The number of carbonyl (C=O) groups is 1. The maximum atomic E-state index is 11.9. The van der Waals surface area contributed by atoms with Crippen molar-refractivity contribution in [1.29, 1.82) is 0 Å². The van der Waals surface area contributed by atoms with Crippen molar-refractivity contribution in [2.75, 3.05) is 26.7 Å². The van der Waals surface area contributed by atoms with Crippen LogP contribution in [0.25, 0.3) is 0 Å². The first-order valence-electron chi connectivity index (χ1n) is 9.12. The van der Waals surface area contributed by atoms with Crippen molar-refractivity contribution >= 4 is 11.9 Å². The molecule has 0 saturated heterocycles. The predicted octanol–water partition coefficient (Wildman–Crippen LogP) is 1.80. The number of nitrogens with one attached hydrogen (secondary N) is 3. The van der Waals surface area contributed by atoms with Crippen molar-refractivity contribution in [3.8, 4) is 0 Å². The fourth-order valence-corrected chi connectivity index (χ4v) is 2.83. The summed E-state index contributed by atoms with van der Waals surface area (Å²) in [5.74, 6) is 1.65. The summed E-state index contributed by atoms with van der Waals surface area (Å²) < 4.78 is 10.7. The van der Waals surface area contributed by atoms with Crippen LogP contribution in [0, 0.1) is 0 Å². The van der Waals surface area contributed by atoms with Crippen LogP contribution >= 0.6 is 0 Å². The Morgan fingerprint density at radius 3 is 2.84 bits per heavy atom. The van der Waals surface area contributed by atoms with E-state index in [0.717, 1.165) is 31.6 Å². The zero-order valence-electron chi connectivity index (χ0n) is 15.1. The zero-order valence-corrected chi connectivity index (χ0v) is 15.1. The maximum Gasteiger partial charge on any atom is 0.221 e. The van der Waals surface area contributed by atoms with Crippen LogP contribution in [-0.4, -0.2) is 44.7 Å². The number of furan rings is 1. The van der Waals surface area contributed by atoms with Gasteiger partial charge in [-0.1, -0.05) is 12.8 Å². The Kier molecular flexibility index (Phi) is 8.90. The summed E-state index contributed by atoms with van der Waals surface area (Å²) >= 11 is 0. The second-order valence-corrected chi connectivity index (χ2v) is 6.21. The molecule has 1 aliphatic carbocycles. The fraction of sp³-hybridized carbons (Fsp3) is 0.667. The summed E-state index contributed by atoms with van der Waals surface area (Å²) in [5.41, 5.74) is 0. The van der Waals surface area contributed by atoms with E-state index in [1.165, 1.54) is 12.8 Å². The third-order valence-corrected chi connectivity index (χ3v) is 4.17. The van der Waals surface area contributed by atoms with Crippen molar-refractivity contribution < 1.29 is 13.9 Å². The van der Waals surface area contributed by atoms with E-state index < -0.39 is 0 Å². The minimum Gasteiger partial charge on any atom is -0.467 e. The van der Waals surface area contributed by atoms with Gasteiger partial charge < -0.3 is 25.1 Å². The zero-order chi connectivity index (χ0) is 17.7. The summed E-state index contributed by atoms with van der Waals surface area (Å²) in [6.45, 7) is 2.48. The SMILES string of the molecule is CN=C(NCCCOCc1ccco1)NCCC(=O)NC1CCCC1. The van der Waals surface area contributed by atoms with Gasteiger partial charge in [0, 0.05) is 39.2 Å². The van der Waals surface area contributed by atoms with Crippen molar-refractivity contribution in [3.63, 3.8) is 0 Å². The number of hydrogen-bond acceptors (Lipinski definition) is 4. The number of nitrogens with zero attached hydrogens (tertiary/aromatic N) is 1. The number of ether oxygens (including phenoxy) is 1. The highest BCUT2D eigenvalue weighted by molar-refractivity contribution is 5.81. The highest BCUT2D eigenvalue weighted by atomic mass is 16.5. The molecule has 1 fully saturated rings. The number of guanidine groups is 1. The number of rotatable bonds is 10. The summed E-state index contributed by atoms with van der Waals surface area (Å²) in [4.78, 5) is 16.0. The van der Waals surface area contributed by atoms with Crippen LogP contribution in [-0.2, 0) is 16.1 Å². The highest BCUT2D eigenvalue weighted by Crippen LogP contribution is 2.17. The number of carbonyl (C=O) groups excluding carboxylic acids is 1. The Bertz CT molecular complexity index is 510. The molecular formula is C18H30N4O3. The Balaban J connectivity index is 1.46. The van der Waals surface area contributed by atoms with Crippen molar-refractivity contribution in [1.82, 2.24) is 16.0 Å². The highest BCUT2D eigenvalue weighted by Gasteiger charge is 2.16. The third kappa shape index (κ3) is 8.07. The van der Waals surface area contributed by atoms with Gasteiger partial charge in [0.1, 0.15) is 12.4 Å². The molecule has 0 unspecified atom stereocenters. The third-order valence-electron chi connectivity index (χ3n) is 4.17. The lowest BCUT2D eigenvalue weighted by atomic mass is 10.2. The maximum absolute atomic E-state index is 11.9. The monoisotopic (exact) mass is 350 g/mol. The first kappa shape index (κ1) is 19.3. The van der Waals surface area contributed by atoms with Gasteiger partial charge in [-0.15, -0.1) is 0 Å². The minimum absolute atomic E-state index is 0.112. The standard InChI is InChI=1S/C18H30N4O3/c1-19-18(20-10-5-12-24-14-16-8-4-13-25-16)21-11-9-17(23)22-15-6-2-3-7-15/h4,8,13,15H,2-3,5-7,9-12,14H2,1H3,(H,22,23)(H2,19,20,21). The van der Waals surface area contributed by atoms with Gasteiger partial charge in [0.25, 0.3) is 0 Å². The topological polar surface area (TPSA) is 87.9 Å².